The lowest BCUT2D eigenvalue weighted by molar-refractivity contribution is 0.343. The molecule has 0 aliphatic heterocycles. The Hall–Kier alpha value is -1.23. The van der Waals surface area contributed by atoms with Crippen LogP contribution in [0, 0.1) is 0 Å². The molecule has 1 aromatic carbocycles. The molecule has 0 unspecified atom stereocenters. The van der Waals surface area contributed by atoms with Gasteiger partial charge in [-0.3, -0.25) is 12.9 Å². The maximum Gasteiger partial charge on any atom is 0.762 e. The Morgan fingerprint density at radius 2 is 1.64 bits per heavy atom. The van der Waals surface area contributed by atoms with Crippen LogP contribution in [0.3, 0.4) is 0 Å². The van der Waals surface area contributed by atoms with E-state index in [-0.39, 0.29) is 6.61 Å². The van der Waals surface area contributed by atoms with Crippen molar-refractivity contribution in [3.8, 4) is 0 Å². The molecule has 1 rings (SSSR count). The van der Waals surface area contributed by atoms with Crippen molar-refractivity contribution >= 4 is 13.6 Å². The number of rotatable bonds is 2. The number of aliphatic hydroxyl groups excluding tert-OH is 1. The maximum atomic E-state index is 9.67. The van der Waals surface area contributed by atoms with E-state index in [1.807, 2.05) is 36.4 Å². The fraction of sp³-hybridized carbons (Fsp3) is 0.111. The number of aliphatic hydroxyl groups is 1. The van der Waals surface area contributed by atoms with Gasteiger partial charge in [0.1, 0.15) is 0 Å². The Labute approximate surface area is 81.1 Å². The van der Waals surface area contributed by atoms with Crippen LogP contribution in [0.5, 0.6) is 0 Å². The number of hydrogen-bond donors (Lipinski definition) is 1. The molecule has 14 heavy (non-hydrogen) atoms. The molecule has 1 nitrogen and oxygen atoms in total. The van der Waals surface area contributed by atoms with Crippen LogP contribution < -0.4 is 0 Å². The summed E-state index contributed by atoms with van der Waals surface area (Å²) in [6, 6.07) is 9.89. The van der Waals surface area contributed by atoms with Gasteiger partial charge in [0.25, 0.3) is 0 Å². The fourth-order valence-electron chi connectivity index (χ4n) is 0.753. The first-order valence-corrected chi connectivity index (χ1v) is 3.91. The van der Waals surface area contributed by atoms with Crippen molar-refractivity contribution in [2.24, 2.45) is 0 Å². The Morgan fingerprint density at radius 3 is 2.07 bits per heavy atom. The highest BCUT2D eigenvalue weighted by molar-refractivity contribution is 6.33. The van der Waals surface area contributed by atoms with E-state index in [1.54, 1.807) is 6.08 Å². The van der Waals surface area contributed by atoms with Crippen LogP contribution in [0.1, 0.15) is 5.56 Å². The highest BCUT2D eigenvalue weighted by atomic mass is 19.4. The molecule has 0 fully saturated rings. The molecule has 0 saturated carbocycles. The lowest BCUT2D eigenvalue weighted by Gasteiger charge is -1.88. The summed E-state index contributed by atoms with van der Waals surface area (Å²) >= 11 is 0. The zero-order valence-corrected chi connectivity index (χ0v) is 7.41. The summed E-state index contributed by atoms with van der Waals surface area (Å²) in [5.74, 6) is 0. The van der Waals surface area contributed by atoms with Crippen LogP contribution in [0.15, 0.2) is 36.4 Å². The zero-order valence-electron chi connectivity index (χ0n) is 7.41. The summed E-state index contributed by atoms with van der Waals surface area (Å²) in [5, 5.41) is 8.44. The van der Waals surface area contributed by atoms with Gasteiger partial charge in [0.15, 0.2) is 0 Å². The SMILES string of the molecule is FB(F)F.OCC=Cc1ccccc1. The van der Waals surface area contributed by atoms with Gasteiger partial charge >= 0.3 is 7.54 Å². The van der Waals surface area contributed by atoms with Gasteiger partial charge in [-0.1, -0.05) is 42.5 Å². The number of halogens is 3. The second-order valence-corrected chi connectivity index (χ2v) is 2.24. The third-order valence-corrected chi connectivity index (χ3v) is 1.22. The zero-order chi connectivity index (χ0) is 10.8. The van der Waals surface area contributed by atoms with Crippen molar-refractivity contribution in [3.63, 3.8) is 0 Å². The van der Waals surface area contributed by atoms with E-state index in [4.69, 9.17) is 5.11 Å². The molecule has 0 aliphatic rings. The summed E-state index contributed by atoms with van der Waals surface area (Å²) in [5.41, 5.74) is 1.12. The van der Waals surface area contributed by atoms with Gasteiger partial charge < -0.3 is 5.11 Å². The van der Waals surface area contributed by atoms with E-state index in [0.29, 0.717) is 0 Å². The van der Waals surface area contributed by atoms with E-state index in [2.05, 4.69) is 0 Å². The first-order valence-electron chi connectivity index (χ1n) is 3.91. The summed E-state index contributed by atoms with van der Waals surface area (Å²) in [6.45, 7) is 0.106. The second kappa shape index (κ2) is 8.38. The van der Waals surface area contributed by atoms with Gasteiger partial charge in [0.2, 0.25) is 0 Å². The highest BCUT2D eigenvalue weighted by Crippen LogP contribution is 1.99. The molecule has 1 N–H and O–H groups in total. The normalized spacial score (nSPS) is 9.43. The van der Waals surface area contributed by atoms with E-state index < -0.39 is 7.54 Å². The quantitative estimate of drug-likeness (QED) is 0.730. The predicted molar refractivity (Wildman–Crippen MR) is 51.6 cm³/mol. The molecule has 0 aromatic heterocycles. The van der Waals surface area contributed by atoms with Crippen LogP contribution in [-0.2, 0) is 0 Å². The Balaban J connectivity index is 0.000000364. The van der Waals surface area contributed by atoms with Gasteiger partial charge in [0.05, 0.1) is 6.61 Å². The monoisotopic (exact) mass is 202 g/mol. The van der Waals surface area contributed by atoms with Crippen LogP contribution in [-0.4, -0.2) is 19.3 Å². The van der Waals surface area contributed by atoms with Gasteiger partial charge in [0, 0.05) is 0 Å². The number of benzene rings is 1. The van der Waals surface area contributed by atoms with E-state index in [0.717, 1.165) is 5.56 Å². The van der Waals surface area contributed by atoms with Crippen LogP contribution in [0.2, 0.25) is 0 Å². The minimum Gasteiger partial charge on any atom is -0.392 e. The topological polar surface area (TPSA) is 20.2 Å². The molecule has 0 bridgehead atoms. The first kappa shape index (κ1) is 12.8. The molecule has 76 valence electrons. The Kier molecular flexibility index (Phi) is 7.64. The standard InChI is InChI=1S/C9H10O.BF3/c10-8-4-7-9-5-2-1-3-6-9;2-1(3)4/h1-7,10H,8H2;. The maximum absolute atomic E-state index is 9.67. The molecule has 5 heteroatoms. The lowest BCUT2D eigenvalue weighted by atomic mass is 10.2. The highest BCUT2D eigenvalue weighted by Gasteiger charge is 2.06. The molecule has 0 aliphatic carbocycles. The Morgan fingerprint density at radius 1 is 1.14 bits per heavy atom. The van der Waals surface area contributed by atoms with Crippen molar-refractivity contribution < 1.29 is 18.1 Å². The minimum atomic E-state index is -3.67. The molecular formula is C9H10BF3O. The van der Waals surface area contributed by atoms with Crippen molar-refractivity contribution in [1.82, 2.24) is 0 Å². The average molecular weight is 202 g/mol. The van der Waals surface area contributed by atoms with Crippen molar-refractivity contribution in [2.75, 3.05) is 6.61 Å². The summed E-state index contributed by atoms with van der Waals surface area (Å²) in [6.07, 6.45) is 3.61. The third kappa shape index (κ3) is 8.87. The first-order chi connectivity index (χ1) is 6.66. The molecule has 0 spiro atoms. The molecular weight excluding hydrogens is 192 g/mol. The predicted octanol–water partition coefficient (Wildman–Crippen LogP) is 2.57. The summed E-state index contributed by atoms with van der Waals surface area (Å²) < 4.78 is 29.0. The summed E-state index contributed by atoms with van der Waals surface area (Å²) in [7, 11) is -3.67. The Bertz CT molecular complexity index is 249. The lowest BCUT2D eigenvalue weighted by Crippen LogP contribution is -1.76. The van der Waals surface area contributed by atoms with Gasteiger partial charge in [-0.25, -0.2) is 0 Å². The van der Waals surface area contributed by atoms with Crippen molar-refractivity contribution in [3.05, 3.63) is 42.0 Å². The smallest absolute Gasteiger partial charge is 0.392 e. The number of hydrogen-bond acceptors (Lipinski definition) is 1. The molecule has 0 radical (unpaired) electrons. The van der Waals surface area contributed by atoms with Crippen molar-refractivity contribution in [2.45, 2.75) is 0 Å². The van der Waals surface area contributed by atoms with E-state index >= 15 is 0 Å². The summed E-state index contributed by atoms with van der Waals surface area (Å²) in [4.78, 5) is 0. The van der Waals surface area contributed by atoms with Crippen LogP contribution in [0.25, 0.3) is 6.08 Å². The molecule has 0 saturated heterocycles. The third-order valence-electron chi connectivity index (χ3n) is 1.22. The fourth-order valence-corrected chi connectivity index (χ4v) is 0.753. The molecule has 0 heterocycles. The largest absolute Gasteiger partial charge is 0.762 e. The molecule has 1 aromatic rings. The van der Waals surface area contributed by atoms with Gasteiger partial charge in [-0.15, -0.1) is 0 Å². The van der Waals surface area contributed by atoms with E-state index in [9.17, 15) is 12.9 Å². The molecule has 0 amide bonds. The average Bonchev–Trinajstić information content (AvgIpc) is 2.15. The van der Waals surface area contributed by atoms with Gasteiger partial charge in [-0.2, -0.15) is 0 Å². The van der Waals surface area contributed by atoms with Gasteiger partial charge in [-0.05, 0) is 5.56 Å². The minimum absolute atomic E-state index is 0.106. The second-order valence-electron chi connectivity index (χ2n) is 2.24. The van der Waals surface area contributed by atoms with E-state index in [1.165, 1.54) is 0 Å². The molecule has 0 atom stereocenters. The van der Waals surface area contributed by atoms with Crippen molar-refractivity contribution in [1.29, 1.82) is 0 Å². The van der Waals surface area contributed by atoms with Crippen LogP contribution in [0.4, 0.5) is 12.9 Å². The van der Waals surface area contributed by atoms with Crippen LogP contribution >= 0.6 is 0 Å².